The fraction of sp³-hybridized carbons (Fsp3) is 0.500. The molecule has 0 aromatic heterocycles. The van der Waals surface area contributed by atoms with E-state index in [1.54, 1.807) is 0 Å². The van der Waals surface area contributed by atoms with Crippen LogP contribution in [0.15, 0.2) is 29.2 Å². The van der Waals surface area contributed by atoms with Gasteiger partial charge in [0.15, 0.2) is 0 Å². The number of sulfonamides is 1. The largest absolute Gasteiger partial charge is 0.324 e. The van der Waals surface area contributed by atoms with Gasteiger partial charge < -0.3 is 5.73 Å². The molecule has 20 heavy (non-hydrogen) atoms. The molecule has 0 aliphatic carbocycles. The summed E-state index contributed by atoms with van der Waals surface area (Å²) < 4.78 is 26.6. The van der Waals surface area contributed by atoms with Gasteiger partial charge in [0, 0.05) is 24.2 Å². The van der Waals surface area contributed by atoms with Gasteiger partial charge >= 0.3 is 0 Å². The Kier molecular flexibility index (Phi) is 5.21. The monoisotopic (exact) mass is 301 g/mol. The molecule has 0 amide bonds. The molecule has 0 saturated heterocycles. The van der Waals surface area contributed by atoms with Crippen LogP contribution in [0.4, 0.5) is 5.69 Å². The van der Waals surface area contributed by atoms with Crippen molar-refractivity contribution < 1.29 is 13.3 Å². The van der Waals surface area contributed by atoms with Crippen LogP contribution in [-0.4, -0.2) is 25.4 Å². The number of non-ortho nitro benzene ring substituents is 1. The molecule has 8 heteroatoms. The highest BCUT2D eigenvalue weighted by atomic mass is 32.2. The van der Waals surface area contributed by atoms with Gasteiger partial charge in [0.1, 0.15) is 0 Å². The number of hydrogen-bond donors (Lipinski definition) is 2. The lowest BCUT2D eigenvalue weighted by atomic mass is 9.95. The van der Waals surface area contributed by atoms with E-state index in [4.69, 9.17) is 5.73 Å². The standard InChI is InChI=1S/C12H19N3O4S/c1-3-12(13,4-2)9-14-20(18,19)11-7-5-10(6-8-11)15(16)17/h5-8,14H,3-4,9,13H2,1-2H3. The second-order valence-electron chi connectivity index (χ2n) is 4.65. The highest BCUT2D eigenvalue weighted by molar-refractivity contribution is 7.89. The average molecular weight is 301 g/mol. The lowest BCUT2D eigenvalue weighted by Crippen LogP contribution is -2.49. The van der Waals surface area contributed by atoms with Gasteiger partial charge in [-0.05, 0) is 25.0 Å². The van der Waals surface area contributed by atoms with Crippen molar-refractivity contribution in [1.82, 2.24) is 4.72 Å². The summed E-state index contributed by atoms with van der Waals surface area (Å²) in [6.45, 7) is 3.91. The summed E-state index contributed by atoms with van der Waals surface area (Å²) in [6.07, 6.45) is 1.29. The maximum absolute atomic E-state index is 12.1. The van der Waals surface area contributed by atoms with Crippen molar-refractivity contribution in [2.75, 3.05) is 6.54 Å². The van der Waals surface area contributed by atoms with Crippen LogP contribution < -0.4 is 10.5 Å². The third-order valence-electron chi connectivity index (χ3n) is 3.38. The first-order valence-electron chi connectivity index (χ1n) is 6.27. The predicted molar refractivity (Wildman–Crippen MR) is 75.8 cm³/mol. The second kappa shape index (κ2) is 6.29. The third kappa shape index (κ3) is 3.99. The number of nitro groups is 1. The zero-order chi connectivity index (χ0) is 15.4. The maximum atomic E-state index is 12.1. The molecule has 0 unspecified atom stereocenters. The first-order valence-corrected chi connectivity index (χ1v) is 7.75. The van der Waals surface area contributed by atoms with E-state index in [1.807, 2.05) is 13.8 Å². The summed E-state index contributed by atoms with van der Waals surface area (Å²) in [7, 11) is -3.71. The van der Waals surface area contributed by atoms with Crippen molar-refractivity contribution in [3.63, 3.8) is 0 Å². The van der Waals surface area contributed by atoms with E-state index in [0.29, 0.717) is 12.8 Å². The Bertz CT molecular complexity index is 565. The third-order valence-corrected chi connectivity index (χ3v) is 4.80. The highest BCUT2D eigenvalue weighted by Gasteiger charge is 2.24. The number of nitro benzene ring substituents is 1. The molecule has 1 aromatic carbocycles. The van der Waals surface area contributed by atoms with Crippen LogP contribution in [0.1, 0.15) is 26.7 Å². The highest BCUT2D eigenvalue weighted by Crippen LogP contribution is 2.17. The van der Waals surface area contributed by atoms with Gasteiger partial charge in [-0.2, -0.15) is 0 Å². The van der Waals surface area contributed by atoms with Crippen LogP contribution in [0.3, 0.4) is 0 Å². The maximum Gasteiger partial charge on any atom is 0.269 e. The Balaban J connectivity index is 2.86. The normalized spacial score (nSPS) is 12.3. The fourth-order valence-electron chi connectivity index (χ4n) is 1.57. The lowest BCUT2D eigenvalue weighted by Gasteiger charge is -2.26. The molecule has 1 aromatic rings. The van der Waals surface area contributed by atoms with Crippen molar-refractivity contribution in [3.05, 3.63) is 34.4 Å². The number of benzene rings is 1. The summed E-state index contributed by atoms with van der Waals surface area (Å²) in [6, 6.07) is 4.72. The van der Waals surface area contributed by atoms with E-state index in [1.165, 1.54) is 12.1 Å². The number of rotatable bonds is 7. The first-order chi connectivity index (χ1) is 9.24. The molecule has 0 bridgehead atoms. The molecule has 7 nitrogen and oxygen atoms in total. The molecular formula is C12H19N3O4S. The molecule has 0 fully saturated rings. The van der Waals surface area contributed by atoms with E-state index < -0.39 is 20.5 Å². The van der Waals surface area contributed by atoms with Gasteiger partial charge in [0.25, 0.3) is 5.69 Å². The van der Waals surface area contributed by atoms with Gasteiger partial charge in [0.2, 0.25) is 10.0 Å². The Morgan fingerprint density at radius 2 is 1.75 bits per heavy atom. The Labute approximate surface area is 118 Å². The fourth-order valence-corrected chi connectivity index (χ4v) is 2.71. The number of nitrogens with zero attached hydrogens (tertiary/aromatic N) is 1. The quantitative estimate of drug-likeness (QED) is 0.583. The molecule has 0 saturated carbocycles. The molecule has 112 valence electrons. The Hall–Kier alpha value is -1.51. The van der Waals surface area contributed by atoms with Crippen molar-refractivity contribution >= 4 is 15.7 Å². The number of nitrogens with one attached hydrogen (secondary N) is 1. The van der Waals surface area contributed by atoms with Crippen LogP contribution >= 0.6 is 0 Å². The van der Waals surface area contributed by atoms with Crippen molar-refractivity contribution in [2.45, 2.75) is 37.1 Å². The van der Waals surface area contributed by atoms with Crippen LogP contribution in [0, 0.1) is 10.1 Å². The minimum absolute atomic E-state index is 0.0161. The van der Waals surface area contributed by atoms with Crippen molar-refractivity contribution in [3.8, 4) is 0 Å². The van der Waals surface area contributed by atoms with Crippen molar-refractivity contribution in [1.29, 1.82) is 0 Å². The van der Waals surface area contributed by atoms with Crippen LogP contribution in [0.5, 0.6) is 0 Å². The van der Waals surface area contributed by atoms with E-state index in [9.17, 15) is 18.5 Å². The zero-order valence-corrected chi connectivity index (χ0v) is 12.3. The average Bonchev–Trinajstić information content (AvgIpc) is 2.45. The summed E-state index contributed by atoms with van der Waals surface area (Å²) in [5, 5.41) is 10.5. The minimum Gasteiger partial charge on any atom is -0.324 e. The minimum atomic E-state index is -3.71. The smallest absolute Gasteiger partial charge is 0.269 e. The van der Waals surface area contributed by atoms with Crippen molar-refractivity contribution in [2.24, 2.45) is 5.73 Å². The predicted octanol–water partition coefficient (Wildman–Crippen LogP) is 1.39. The summed E-state index contributed by atoms with van der Waals surface area (Å²) in [5.41, 5.74) is 5.29. The summed E-state index contributed by atoms with van der Waals surface area (Å²) in [4.78, 5) is 9.92. The van der Waals surface area contributed by atoms with Gasteiger partial charge in [0.05, 0.1) is 9.82 Å². The molecule has 0 heterocycles. The van der Waals surface area contributed by atoms with Gasteiger partial charge in [-0.1, -0.05) is 13.8 Å². The second-order valence-corrected chi connectivity index (χ2v) is 6.41. The van der Waals surface area contributed by atoms with E-state index >= 15 is 0 Å². The molecule has 0 spiro atoms. The van der Waals surface area contributed by atoms with Crippen LogP contribution in [-0.2, 0) is 10.0 Å². The molecule has 1 rings (SSSR count). The summed E-state index contributed by atoms with van der Waals surface area (Å²) >= 11 is 0. The lowest BCUT2D eigenvalue weighted by molar-refractivity contribution is -0.384. The first kappa shape index (κ1) is 16.5. The molecule has 0 atom stereocenters. The van der Waals surface area contributed by atoms with Gasteiger partial charge in [-0.15, -0.1) is 0 Å². The summed E-state index contributed by atoms with van der Waals surface area (Å²) in [5.74, 6) is 0. The zero-order valence-electron chi connectivity index (χ0n) is 11.5. The molecule has 0 aliphatic heterocycles. The SMILES string of the molecule is CCC(N)(CC)CNS(=O)(=O)c1ccc([N+](=O)[O-])cc1. The topological polar surface area (TPSA) is 115 Å². The van der Waals surface area contributed by atoms with E-state index in [2.05, 4.69) is 4.72 Å². The van der Waals surface area contributed by atoms with Crippen LogP contribution in [0.25, 0.3) is 0 Å². The van der Waals surface area contributed by atoms with E-state index in [0.717, 1.165) is 12.1 Å². The Morgan fingerprint density at radius 1 is 1.25 bits per heavy atom. The number of hydrogen-bond acceptors (Lipinski definition) is 5. The van der Waals surface area contributed by atoms with Crippen LogP contribution in [0.2, 0.25) is 0 Å². The van der Waals surface area contributed by atoms with Gasteiger partial charge in [-0.3, -0.25) is 10.1 Å². The van der Waals surface area contributed by atoms with E-state index in [-0.39, 0.29) is 17.1 Å². The molecule has 0 aliphatic rings. The molecule has 0 radical (unpaired) electrons. The molecular weight excluding hydrogens is 282 g/mol. The molecule has 3 N–H and O–H groups in total. The number of nitrogens with two attached hydrogens (primary N) is 1. The van der Waals surface area contributed by atoms with Gasteiger partial charge in [-0.25, -0.2) is 13.1 Å². The Morgan fingerprint density at radius 3 is 2.15 bits per heavy atom.